The van der Waals surface area contributed by atoms with E-state index in [0.717, 1.165) is 12.8 Å². The third kappa shape index (κ3) is 3.06. The van der Waals surface area contributed by atoms with E-state index in [0.29, 0.717) is 32.6 Å². The smallest absolute Gasteiger partial charge is 0.307 e. The van der Waals surface area contributed by atoms with Crippen molar-refractivity contribution in [1.82, 2.24) is 5.32 Å². The predicted molar refractivity (Wildman–Crippen MR) is 66.7 cm³/mol. The molecule has 2 rings (SSSR count). The second-order valence-electron chi connectivity index (χ2n) is 5.39. The van der Waals surface area contributed by atoms with Crippen molar-refractivity contribution in [3.8, 4) is 0 Å². The molecule has 1 unspecified atom stereocenters. The molecular weight excluding hydrogens is 250 g/mol. The van der Waals surface area contributed by atoms with Crippen LogP contribution >= 0.6 is 0 Å². The van der Waals surface area contributed by atoms with E-state index in [1.165, 1.54) is 0 Å². The van der Waals surface area contributed by atoms with Gasteiger partial charge in [-0.05, 0) is 12.8 Å². The van der Waals surface area contributed by atoms with Crippen molar-refractivity contribution < 1.29 is 24.2 Å². The number of methoxy groups -OCH3 is 1. The lowest BCUT2D eigenvalue weighted by atomic mass is 9.94. The lowest BCUT2D eigenvalue weighted by Gasteiger charge is -2.27. The number of carboxylic acids is 1. The minimum Gasteiger partial charge on any atom is -0.481 e. The maximum atomic E-state index is 12.1. The van der Waals surface area contributed by atoms with E-state index in [9.17, 15) is 9.59 Å². The predicted octanol–water partition coefficient (Wildman–Crippen LogP) is 0.409. The standard InChI is InChI=1S/C13H21NO5/c1-18-13(5-6-19-8-13)7-14-11(15)9-3-2-4-10(9)12(16)17/h9-10H,2-8H2,1H3,(H,14,15)(H,16,17)/t9-,10+,13?/m1/s1. The van der Waals surface area contributed by atoms with Gasteiger partial charge in [-0.15, -0.1) is 0 Å². The molecular formula is C13H21NO5. The van der Waals surface area contributed by atoms with Crippen LogP contribution in [-0.4, -0.2) is 49.5 Å². The first kappa shape index (κ1) is 14.3. The number of aliphatic carboxylic acids is 1. The van der Waals surface area contributed by atoms with Crippen LogP contribution in [0.1, 0.15) is 25.7 Å². The minimum absolute atomic E-state index is 0.173. The molecule has 2 aliphatic rings. The first-order valence-electron chi connectivity index (χ1n) is 6.71. The molecule has 2 fully saturated rings. The van der Waals surface area contributed by atoms with Gasteiger partial charge in [0.1, 0.15) is 5.60 Å². The fraction of sp³-hybridized carbons (Fsp3) is 0.846. The minimum atomic E-state index is -0.872. The van der Waals surface area contributed by atoms with Crippen molar-refractivity contribution in [1.29, 1.82) is 0 Å². The van der Waals surface area contributed by atoms with Crippen molar-refractivity contribution >= 4 is 11.9 Å². The summed E-state index contributed by atoms with van der Waals surface area (Å²) < 4.78 is 10.7. The molecule has 6 heteroatoms. The molecule has 2 N–H and O–H groups in total. The molecule has 1 aliphatic carbocycles. The molecule has 1 saturated heterocycles. The van der Waals surface area contributed by atoms with E-state index >= 15 is 0 Å². The van der Waals surface area contributed by atoms with Crippen LogP contribution in [0.4, 0.5) is 0 Å². The Hall–Kier alpha value is -1.14. The van der Waals surface area contributed by atoms with E-state index in [2.05, 4.69) is 5.32 Å². The van der Waals surface area contributed by atoms with Crippen LogP contribution in [0.2, 0.25) is 0 Å². The average molecular weight is 271 g/mol. The van der Waals surface area contributed by atoms with Gasteiger partial charge in [-0.25, -0.2) is 0 Å². The van der Waals surface area contributed by atoms with Crippen molar-refractivity contribution in [2.75, 3.05) is 26.9 Å². The van der Waals surface area contributed by atoms with Gasteiger partial charge >= 0.3 is 5.97 Å². The summed E-state index contributed by atoms with van der Waals surface area (Å²) in [5, 5.41) is 11.9. The van der Waals surface area contributed by atoms with Gasteiger partial charge in [0, 0.05) is 26.7 Å². The van der Waals surface area contributed by atoms with Crippen LogP contribution in [0, 0.1) is 11.8 Å². The molecule has 0 radical (unpaired) electrons. The van der Waals surface area contributed by atoms with Gasteiger partial charge in [-0.3, -0.25) is 9.59 Å². The zero-order chi connectivity index (χ0) is 13.9. The fourth-order valence-electron chi connectivity index (χ4n) is 2.91. The molecule has 0 aromatic heterocycles. The zero-order valence-corrected chi connectivity index (χ0v) is 11.2. The summed E-state index contributed by atoms with van der Waals surface area (Å²) in [6.07, 6.45) is 2.79. The molecule has 1 amide bonds. The van der Waals surface area contributed by atoms with Crippen LogP contribution in [0.15, 0.2) is 0 Å². The molecule has 1 saturated carbocycles. The van der Waals surface area contributed by atoms with Gasteiger partial charge in [-0.1, -0.05) is 6.42 Å². The van der Waals surface area contributed by atoms with Crippen molar-refractivity contribution in [2.45, 2.75) is 31.3 Å². The molecule has 0 aromatic rings. The average Bonchev–Trinajstić information content (AvgIpc) is 3.05. The SMILES string of the molecule is COC1(CNC(=O)[C@@H]2CCC[C@@H]2C(=O)O)CCOC1. The lowest BCUT2D eigenvalue weighted by Crippen LogP contribution is -2.47. The Morgan fingerprint density at radius 3 is 2.74 bits per heavy atom. The highest BCUT2D eigenvalue weighted by atomic mass is 16.5. The van der Waals surface area contributed by atoms with E-state index in [1.807, 2.05) is 0 Å². The largest absolute Gasteiger partial charge is 0.481 e. The molecule has 3 atom stereocenters. The fourth-order valence-corrected chi connectivity index (χ4v) is 2.91. The number of hydrogen-bond acceptors (Lipinski definition) is 4. The first-order chi connectivity index (χ1) is 9.08. The molecule has 0 spiro atoms. The number of hydrogen-bond donors (Lipinski definition) is 2. The maximum Gasteiger partial charge on any atom is 0.307 e. The van der Waals surface area contributed by atoms with Gasteiger partial charge in [-0.2, -0.15) is 0 Å². The van der Waals surface area contributed by atoms with E-state index in [-0.39, 0.29) is 5.91 Å². The number of ether oxygens (including phenoxy) is 2. The van der Waals surface area contributed by atoms with Crippen LogP contribution in [0.25, 0.3) is 0 Å². The summed E-state index contributed by atoms with van der Waals surface area (Å²) >= 11 is 0. The molecule has 0 aromatic carbocycles. The van der Waals surface area contributed by atoms with Crippen LogP contribution in [-0.2, 0) is 19.1 Å². The van der Waals surface area contributed by atoms with Crippen LogP contribution in [0.5, 0.6) is 0 Å². The Labute approximate surface area is 112 Å². The molecule has 1 aliphatic heterocycles. The number of carbonyl (C=O) groups excluding carboxylic acids is 1. The number of carbonyl (C=O) groups is 2. The molecule has 1 heterocycles. The monoisotopic (exact) mass is 271 g/mol. The van der Waals surface area contributed by atoms with Crippen molar-refractivity contribution in [3.63, 3.8) is 0 Å². The van der Waals surface area contributed by atoms with Crippen molar-refractivity contribution in [2.24, 2.45) is 11.8 Å². The Morgan fingerprint density at radius 2 is 2.16 bits per heavy atom. The highest BCUT2D eigenvalue weighted by Crippen LogP contribution is 2.32. The summed E-state index contributed by atoms with van der Waals surface area (Å²) in [7, 11) is 1.61. The van der Waals surface area contributed by atoms with Crippen LogP contribution in [0.3, 0.4) is 0 Å². The Kier molecular flexibility index (Phi) is 4.42. The zero-order valence-electron chi connectivity index (χ0n) is 11.2. The third-order valence-corrected chi connectivity index (χ3v) is 4.25. The second-order valence-corrected chi connectivity index (χ2v) is 5.39. The van der Waals surface area contributed by atoms with Gasteiger partial charge in [0.15, 0.2) is 0 Å². The highest BCUT2D eigenvalue weighted by Gasteiger charge is 2.40. The molecule has 6 nitrogen and oxygen atoms in total. The van der Waals surface area contributed by atoms with Crippen LogP contribution < -0.4 is 5.32 Å². The Bertz CT molecular complexity index is 351. The summed E-state index contributed by atoms with van der Waals surface area (Å²) in [5.41, 5.74) is -0.451. The number of carboxylic acid groups (broad SMARTS) is 1. The Morgan fingerprint density at radius 1 is 1.42 bits per heavy atom. The first-order valence-corrected chi connectivity index (χ1v) is 6.71. The van der Waals surface area contributed by atoms with E-state index < -0.39 is 23.4 Å². The molecule has 19 heavy (non-hydrogen) atoms. The van der Waals surface area contributed by atoms with Gasteiger partial charge in [0.2, 0.25) is 5.91 Å². The molecule has 108 valence electrons. The normalized spacial score (nSPS) is 34.4. The number of nitrogens with one attached hydrogen (secondary N) is 1. The topological polar surface area (TPSA) is 84.9 Å². The Balaban J connectivity index is 1.88. The van der Waals surface area contributed by atoms with E-state index in [4.69, 9.17) is 14.6 Å². The summed E-state index contributed by atoms with van der Waals surface area (Å²) in [6.45, 7) is 1.48. The molecule has 0 bridgehead atoms. The number of amides is 1. The summed E-state index contributed by atoms with van der Waals surface area (Å²) in [6, 6.07) is 0. The van der Waals surface area contributed by atoms with Gasteiger partial charge < -0.3 is 19.9 Å². The van der Waals surface area contributed by atoms with E-state index in [1.54, 1.807) is 7.11 Å². The second kappa shape index (κ2) is 5.88. The lowest BCUT2D eigenvalue weighted by molar-refractivity contribution is -0.146. The quantitative estimate of drug-likeness (QED) is 0.756. The summed E-state index contributed by atoms with van der Waals surface area (Å²) in [5.74, 6) is -2.00. The van der Waals surface area contributed by atoms with Crippen molar-refractivity contribution in [3.05, 3.63) is 0 Å². The summed E-state index contributed by atoms with van der Waals surface area (Å²) in [4.78, 5) is 23.2. The highest BCUT2D eigenvalue weighted by molar-refractivity contribution is 5.85. The van der Waals surface area contributed by atoms with Gasteiger partial charge in [0.05, 0.1) is 18.4 Å². The maximum absolute atomic E-state index is 12.1. The number of rotatable bonds is 5. The third-order valence-electron chi connectivity index (χ3n) is 4.25. The van der Waals surface area contributed by atoms with Gasteiger partial charge in [0.25, 0.3) is 0 Å².